The number of carbonyl (C=O) groups is 1. The minimum atomic E-state index is 0.112. The fraction of sp³-hybridized carbons (Fsp3) is 0.692. The van der Waals surface area contributed by atoms with E-state index in [-0.39, 0.29) is 5.91 Å². The summed E-state index contributed by atoms with van der Waals surface area (Å²) >= 11 is 0. The average molecular weight is 250 g/mol. The highest BCUT2D eigenvalue weighted by molar-refractivity contribution is 5.78. The number of hydrogen-bond acceptors (Lipinski definition) is 3. The van der Waals surface area contributed by atoms with Crippen LogP contribution >= 0.6 is 0 Å². The van der Waals surface area contributed by atoms with Crippen LogP contribution in [0.1, 0.15) is 25.3 Å². The zero-order valence-corrected chi connectivity index (χ0v) is 11.4. The molecule has 0 spiro atoms. The summed E-state index contributed by atoms with van der Waals surface area (Å²) in [5, 5.41) is 7.18. The first kappa shape index (κ1) is 13.1. The van der Waals surface area contributed by atoms with Crippen molar-refractivity contribution in [3.8, 4) is 0 Å². The maximum atomic E-state index is 11.8. The molecule has 0 bridgehead atoms. The van der Waals surface area contributed by atoms with Gasteiger partial charge in [0.05, 0.1) is 12.7 Å². The van der Waals surface area contributed by atoms with Crippen molar-refractivity contribution in [2.45, 2.75) is 32.4 Å². The average Bonchev–Trinajstić information content (AvgIpc) is 3.03. The van der Waals surface area contributed by atoms with Crippen LogP contribution in [0.15, 0.2) is 12.4 Å². The minimum absolute atomic E-state index is 0.112. The summed E-state index contributed by atoms with van der Waals surface area (Å²) in [5.74, 6) is 0.818. The van der Waals surface area contributed by atoms with Crippen LogP contribution in [0.4, 0.5) is 0 Å². The van der Waals surface area contributed by atoms with Gasteiger partial charge in [-0.3, -0.25) is 14.4 Å². The second-order valence-electron chi connectivity index (χ2n) is 5.39. The summed E-state index contributed by atoms with van der Waals surface area (Å²) in [6.07, 6.45) is 6.32. The first-order chi connectivity index (χ1) is 8.54. The van der Waals surface area contributed by atoms with Crippen LogP contribution in [0.5, 0.6) is 0 Å². The highest BCUT2D eigenvalue weighted by Crippen LogP contribution is 2.32. The zero-order valence-electron chi connectivity index (χ0n) is 11.4. The van der Waals surface area contributed by atoms with Crippen LogP contribution in [0.3, 0.4) is 0 Å². The van der Waals surface area contributed by atoms with Gasteiger partial charge in [-0.2, -0.15) is 5.10 Å². The van der Waals surface area contributed by atoms with Crippen molar-refractivity contribution in [2.75, 3.05) is 13.6 Å². The van der Waals surface area contributed by atoms with E-state index in [9.17, 15) is 4.79 Å². The van der Waals surface area contributed by atoms with Gasteiger partial charge in [0.25, 0.3) is 0 Å². The number of likely N-dealkylation sites (N-methyl/N-ethyl adjacent to an activating group) is 1. The Kier molecular flexibility index (Phi) is 4.01. The zero-order chi connectivity index (χ0) is 13.1. The van der Waals surface area contributed by atoms with E-state index < -0.39 is 0 Å². The lowest BCUT2D eigenvalue weighted by Crippen LogP contribution is -2.40. The van der Waals surface area contributed by atoms with Crippen molar-refractivity contribution in [2.24, 2.45) is 13.0 Å². The van der Waals surface area contributed by atoms with Crippen LogP contribution in [-0.4, -0.2) is 40.2 Å². The summed E-state index contributed by atoms with van der Waals surface area (Å²) in [6.45, 7) is 3.28. The quantitative estimate of drug-likeness (QED) is 0.811. The van der Waals surface area contributed by atoms with E-state index in [0.29, 0.717) is 18.5 Å². The highest BCUT2D eigenvalue weighted by Gasteiger charge is 2.28. The third kappa shape index (κ3) is 3.84. The molecule has 2 rings (SSSR count). The van der Waals surface area contributed by atoms with E-state index in [4.69, 9.17) is 0 Å². The largest absolute Gasteiger partial charge is 0.352 e. The molecule has 1 aliphatic rings. The number of hydrogen-bond donors (Lipinski definition) is 1. The van der Waals surface area contributed by atoms with E-state index in [1.807, 2.05) is 31.4 Å². The molecule has 18 heavy (non-hydrogen) atoms. The van der Waals surface area contributed by atoms with Gasteiger partial charge in [-0.25, -0.2) is 0 Å². The fourth-order valence-electron chi connectivity index (χ4n) is 2.18. The van der Waals surface area contributed by atoms with E-state index >= 15 is 0 Å². The number of nitrogens with zero attached hydrogens (tertiary/aromatic N) is 3. The molecule has 1 aromatic rings. The van der Waals surface area contributed by atoms with E-state index in [1.165, 1.54) is 12.8 Å². The van der Waals surface area contributed by atoms with Gasteiger partial charge >= 0.3 is 0 Å². The third-order valence-electron chi connectivity index (χ3n) is 3.34. The first-order valence-corrected chi connectivity index (χ1v) is 6.50. The Morgan fingerprint density at radius 3 is 2.94 bits per heavy atom. The normalized spacial score (nSPS) is 16.9. The molecule has 5 nitrogen and oxygen atoms in total. The van der Waals surface area contributed by atoms with Crippen molar-refractivity contribution in [1.82, 2.24) is 20.0 Å². The Hall–Kier alpha value is -1.36. The Morgan fingerprint density at radius 1 is 1.67 bits per heavy atom. The van der Waals surface area contributed by atoms with Crippen LogP contribution in [-0.2, 0) is 18.4 Å². The van der Waals surface area contributed by atoms with E-state index in [2.05, 4.69) is 17.3 Å². The lowest BCUT2D eigenvalue weighted by atomic mass is 10.2. The molecule has 0 aromatic carbocycles. The van der Waals surface area contributed by atoms with Gasteiger partial charge in [0.1, 0.15) is 0 Å². The van der Waals surface area contributed by atoms with Gasteiger partial charge < -0.3 is 5.32 Å². The molecular weight excluding hydrogens is 228 g/mol. The van der Waals surface area contributed by atoms with Gasteiger partial charge in [-0.15, -0.1) is 0 Å². The van der Waals surface area contributed by atoms with Crippen molar-refractivity contribution >= 4 is 5.91 Å². The summed E-state index contributed by atoms with van der Waals surface area (Å²) in [7, 11) is 3.85. The number of carbonyl (C=O) groups excluding carboxylic acids is 1. The highest BCUT2D eigenvalue weighted by atomic mass is 16.2. The monoisotopic (exact) mass is 250 g/mol. The van der Waals surface area contributed by atoms with Gasteiger partial charge in [0.2, 0.25) is 5.91 Å². The van der Waals surface area contributed by atoms with Crippen molar-refractivity contribution < 1.29 is 4.79 Å². The molecule has 100 valence electrons. The Morgan fingerprint density at radius 2 is 2.39 bits per heavy atom. The van der Waals surface area contributed by atoms with Crippen LogP contribution in [0.2, 0.25) is 0 Å². The summed E-state index contributed by atoms with van der Waals surface area (Å²) in [5.41, 5.74) is 1.13. The first-order valence-electron chi connectivity index (χ1n) is 6.50. The van der Waals surface area contributed by atoms with Crippen LogP contribution in [0, 0.1) is 5.92 Å². The second-order valence-corrected chi connectivity index (χ2v) is 5.39. The molecule has 1 amide bonds. The molecule has 1 aromatic heterocycles. The van der Waals surface area contributed by atoms with Crippen molar-refractivity contribution in [3.63, 3.8) is 0 Å². The van der Waals surface area contributed by atoms with Crippen LogP contribution < -0.4 is 5.32 Å². The van der Waals surface area contributed by atoms with Gasteiger partial charge in [0.15, 0.2) is 0 Å². The smallest absolute Gasteiger partial charge is 0.234 e. The Bertz CT molecular complexity index is 411. The number of amides is 1. The maximum absolute atomic E-state index is 11.8. The minimum Gasteiger partial charge on any atom is -0.352 e. The molecule has 1 saturated carbocycles. The standard InChI is InChI=1S/C13H22N4O/c1-10(12-4-5-12)15-13(18)9-16(2)7-11-6-14-17(3)8-11/h6,8,10,12H,4-5,7,9H2,1-3H3,(H,15,18). The second kappa shape index (κ2) is 5.52. The molecule has 5 heteroatoms. The van der Waals surface area contributed by atoms with Crippen molar-refractivity contribution in [3.05, 3.63) is 18.0 Å². The lowest BCUT2D eigenvalue weighted by molar-refractivity contribution is -0.122. The van der Waals surface area contributed by atoms with Crippen LogP contribution in [0.25, 0.3) is 0 Å². The van der Waals surface area contributed by atoms with Gasteiger partial charge in [-0.1, -0.05) is 0 Å². The number of nitrogens with one attached hydrogen (secondary N) is 1. The Balaban J connectivity index is 1.72. The molecule has 1 aliphatic carbocycles. The molecule has 0 saturated heterocycles. The molecule has 1 fully saturated rings. The predicted molar refractivity (Wildman–Crippen MR) is 69.9 cm³/mol. The molecule has 1 unspecified atom stereocenters. The predicted octanol–water partition coefficient (Wildman–Crippen LogP) is 0.767. The lowest BCUT2D eigenvalue weighted by Gasteiger charge is -2.18. The topological polar surface area (TPSA) is 50.2 Å². The molecule has 0 aliphatic heterocycles. The number of aromatic nitrogens is 2. The van der Waals surface area contributed by atoms with E-state index in [0.717, 1.165) is 12.1 Å². The molecule has 1 atom stereocenters. The third-order valence-corrected chi connectivity index (χ3v) is 3.34. The molecule has 1 heterocycles. The van der Waals surface area contributed by atoms with Gasteiger partial charge in [-0.05, 0) is 32.7 Å². The Labute approximate surface area is 108 Å². The van der Waals surface area contributed by atoms with E-state index in [1.54, 1.807) is 4.68 Å². The fourth-order valence-corrected chi connectivity index (χ4v) is 2.18. The number of rotatable bonds is 6. The van der Waals surface area contributed by atoms with Gasteiger partial charge in [0, 0.05) is 31.4 Å². The molecule has 1 N–H and O–H groups in total. The SMILES string of the molecule is CC(NC(=O)CN(C)Cc1cnn(C)c1)C1CC1. The molecule has 0 radical (unpaired) electrons. The number of aryl methyl sites for hydroxylation is 1. The summed E-state index contributed by atoms with van der Waals surface area (Å²) in [6, 6.07) is 0.323. The summed E-state index contributed by atoms with van der Waals surface area (Å²) < 4.78 is 1.78. The summed E-state index contributed by atoms with van der Waals surface area (Å²) in [4.78, 5) is 13.8. The van der Waals surface area contributed by atoms with Crippen molar-refractivity contribution in [1.29, 1.82) is 0 Å². The molecular formula is C13H22N4O. The maximum Gasteiger partial charge on any atom is 0.234 e.